The molecule has 0 unspecified atom stereocenters. The summed E-state index contributed by atoms with van der Waals surface area (Å²) in [6.07, 6.45) is 7.55. The molecule has 3 aliphatic heterocycles. The van der Waals surface area contributed by atoms with Gasteiger partial charge in [0.15, 0.2) is 0 Å². The lowest BCUT2D eigenvalue weighted by Crippen LogP contribution is -2.67. The Morgan fingerprint density at radius 1 is 0.812 bits per heavy atom. The number of amides is 1. The molecule has 0 aliphatic carbocycles. The van der Waals surface area contributed by atoms with Crippen LogP contribution in [0.15, 0.2) is 77.7 Å². The lowest BCUT2D eigenvalue weighted by atomic mass is 10.1. The fourth-order valence-electron chi connectivity index (χ4n) is 7.23. The van der Waals surface area contributed by atoms with E-state index < -0.39 is 0 Å². The van der Waals surface area contributed by atoms with Crippen molar-refractivity contribution in [3.05, 3.63) is 88.7 Å². The highest BCUT2D eigenvalue weighted by Crippen LogP contribution is 2.29. The molecular formula is C39H49N4O5+. The summed E-state index contributed by atoms with van der Waals surface area (Å²) in [7, 11) is 3.19. The number of ether oxygens (including phenoxy) is 3. The van der Waals surface area contributed by atoms with E-state index in [2.05, 4.69) is 4.90 Å². The van der Waals surface area contributed by atoms with E-state index in [4.69, 9.17) is 14.2 Å². The number of pyridine rings is 1. The van der Waals surface area contributed by atoms with Crippen molar-refractivity contribution in [2.45, 2.75) is 39.0 Å². The Labute approximate surface area is 283 Å². The number of methoxy groups -OCH3 is 2. The van der Waals surface area contributed by atoms with Crippen LogP contribution >= 0.6 is 0 Å². The first-order valence-corrected chi connectivity index (χ1v) is 17.4. The van der Waals surface area contributed by atoms with E-state index in [1.165, 1.54) is 69.6 Å². The molecule has 0 N–H and O–H groups in total. The zero-order valence-electron chi connectivity index (χ0n) is 28.7. The predicted octanol–water partition coefficient (Wildman–Crippen LogP) is 6.15. The van der Waals surface area contributed by atoms with Crippen molar-refractivity contribution < 1.29 is 23.5 Å². The number of quaternary nitrogens is 1. The number of nitrogens with zero attached hydrogens (tertiary/aromatic N) is 4. The molecule has 254 valence electrons. The summed E-state index contributed by atoms with van der Waals surface area (Å²) >= 11 is 0. The Balaban J connectivity index is 1.19. The second-order valence-electron chi connectivity index (χ2n) is 13.1. The Morgan fingerprint density at radius 3 is 2.15 bits per heavy atom. The van der Waals surface area contributed by atoms with Gasteiger partial charge in [-0.1, -0.05) is 31.0 Å². The number of carbonyl (C=O) groups is 1. The van der Waals surface area contributed by atoms with E-state index in [0.29, 0.717) is 47.0 Å². The van der Waals surface area contributed by atoms with Crippen molar-refractivity contribution in [1.29, 1.82) is 0 Å². The number of para-hydroxylation sites is 1. The van der Waals surface area contributed by atoms with Gasteiger partial charge in [-0.2, -0.15) is 0 Å². The fraction of sp³-hybridized carbons (Fsp3) is 0.436. The standard InChI is InChI=1S/C39H49N4O5/c1-4-41(30-13-9-8-10-14-30)39(45)36-29-42(31-25-33(46-2)27-34(26-31)47-3)37-28-32(15-16-35(37)38(36)44)48-24-12-7-5-6-11-20-43-21-17-40(18-22-43)19-23-43/h8-10,13-16,25-29H,4-7,11-12,17-24H2,1-3H3/q+1. The van der Waals surface area contributed by atoms with Crippen LogP contribution < -0.4 is 24.5 Å². The first kappa shape index (κ1) is 33.6. The molecule has 9 nitrogen and oxygen atoms in total. The first-order valence-electron chi connectivity index (χ1n) is 17.4. The maximum Gasteiger partial charge on any atom is 0.263 e. The van der Waals surface area contributed by atoms with Gasteiger partial charge in [0, 0.05) is 67.7 Å². The Bertz CT molecular complexity index is 1730. The molecule has 9 heteroatoms. The van der Waals surface area contributed by atoms with Crippen LogP contribution in [0.2, 0.25) is 0 Å². The number of hydrogen-bond donors (Lipinski definition) is 0. The largest absolute Gasteiger partial charge is 0.497 e. The maximum atomic E-state index is 14.0. The molecular weight excluding hydrogens is 604 g/mol. The number of fused-ring (bicyclic) bond motifs is 4. The highest BCUT2D eigenvalue weighted by molar-refractivity contribution is 6.07. The van der Waals surface area contributed by atoms with Gasteiger partial charge in [-0.25, -0.2) is 0 Å². The van der Waals surface area contributed by atoms with E-state index in [1.807, 2.05) is 66.1 Å². The molecule has 7 rings (SSSR count). The molecule has 1 aromatic heterocycles. The van der Waals surface area contributed by atoms with Gasteiger partial charge < -0.3 is 28.2 Å². The number of piperazine rings is 3. The molecule has 4 aromatic rings. The molecule has 3 aliphatic rings. The van der Waals surface area contributed by atoms with Gasteiger partial charge in [-0.15, -0.1) is 0 Å². The predicted molar refractivity (Wildman–Crippen MR) is 191 cm³/mol. The molecule has 48 heavy (non-hydrogen) atoms. The number of carbonyl (C=O) groups excluding carboxylic acids is 1. The van der Waals surface area contributed by atoms with Crippen molar-refractivity contribution >= 4 is 22.5 Å². The van der Waals surface area contributed by atoms with Crippen LogP contribution in [-0.4, -0.2) is 93.0 Å². The summed E-state index contributed by atoms with van der Waals surface area (Å²) < 4.78 is 20.5. The average molecular weight is 654 g/mol. The van der Waals surface area contributed by atoms with Crippen molar-refractivity contribution in [1.82, 2.24) is 9.47 Å². The van der Waals surface area contributed by atoms with Crippen molar-refractivity contribution in [3.8, 4) is 22.9 Å². The summed E-state index contributed by atoms with van der Waals surface area (Å²) in [5.41, 5.74) is 1.83. The Hall–Kier alpha value is -4.34. The highest BCUT2D eigenvalue weighted by Gasteiger charge is 2.37. The lowest BCUT2D eigenvalue weighted by molar-refractivity contribution is -0.941. The third-order valence-corrected chi connectivity index (χ3v) is 10.2. The highest BCUT2D eigenvalue weighted by atomic mass is 16.5. The number of aromatic nitrogens is 1. The van der Waals surface area contributed by atoms with Crippen molar-refractivity contribution in [2.24, 2.45) is 0 Å². The smallest absolute Gasteiger partial charge is 0.263 e. The van der Waals surface area contributed by atoms with Crippen LogP contribution in [0.1, 0.15) is 49.4 Å². The van der Waals surface area contributed by atoms with Gasteiger partial charge in [0.25, 0.3) is 5.91 Å². The molecule has 4 heterocycles. The molecule has 0 spiro atoms. The van der Waals surface area contributed by atoms with Gasteiger partial charge in [-0.05, 0) is 50.5 Å². The first-order chi connectivity index (χ1) is 23.4. The minimum absolute atomic E-state index is 0.0796. The van der Waals surface area contributed by atoms with Crippen LogP contribution in [0.5, 0.6) is 17.2 Å². The Morgan fingerprint density at radius 2 is 1.48 bits per heavy atom. The van der Waals surface area contributed by atoms with E-state index in [0.717, 1.165) is 18.5 Å². The summed E-state index contributed by atoms with van der Waals surface area (Å²) in [5.74, 6) is 1.52. The normalized spacial score (nSPS) is 18.5. The maximum absolute atomic E-state index is 14.0. The third kappa shape index (κ3) is 7.37. The number of benzene rings is 3. The van der Waals surface area contributed by atoms with Crippen LogP contribution in [0.25, 0.3) is 16.6 Å². The van der Waals surface area contributed by atoms with Crippen LogP contribution in [0.4, 0.5) is 5.69 Å². The molecule has 3 saturated heterocycles. The fourth-order valence-corrected chi connectivity index (χ4v) is 7.23. The zero-order chi connectivity index (χ0) is 33.5. The SMILES string of the molecule is CCN(C(=O)c1cn(-c2cc(OC)cc(OC)c2)c2cc(OCCCCCCC[N+]34CCN(CC3)CC4)ccc2c1=O)c1ccccc1. The van der Waals surface area contributed by atoms with Crippen molar-refractivity contribution in [3.63, 3.8) is 0 Å². The molecule has 0 atom stereocenters. The van der Waals surface area contributed by atoms with E-state index in [-0.39, 0.29) is 16.9 Å². The molecule has 3 fully saturated rings. The molecule has 0 saturated carbocycles. The lowest BCUT2D eigenvalue weighted by Gasteiger charge is -2.50. The minimum Gasteiger partial charge on any atom is -0.497 e. The minimum atomic E-state index is -0.359. The van der Waals surface area contributed by atoms with Gasteiger partial charge >= 0.3 is 0 Å². The second kappa shape index (κ2) is 15.3. The summed E-state index contributed by atoms with van der Waals surface area (Å²) in [4.78, 5) is 32.1. The zero-order valence-corrected chi connectivity index (χ0v) is 28.7. The van der Waals surface area contributed by atoms with Gasteiger partial charge in [-0.3, -0.25) is 14.5 Å². The molecule has 2 bridgehead atoms. The van der Waals surface area contributed by atoms with E-state index in [1.54, 1.807) is 37.4 Å². The van der Waals surface area contributed by atoms with E-state index >= 15 is 0 Å². The monoisotopic (exact) mass is 653 g/mol. The number of anilines is 1. The second-order valence-corrected chi connectivity index (χ2v) is 13.1. The molecule has 1 amide bonds. The van der Waals surface area contributed by atoms with E-state index in [9.17, 15) is 9.59 Å². The third-order valence-electron chi connectivity index (χ3n) is 10.2. The van der Waals surface area contributed by atoms with Crippen LogP contribution in [0.3, 0.4) is 0 Å². The Kier molecular flexibility index (Phi) is 10.7. The van der Waals surface area contributed by atoms with Gasteiger partial charge in [0.05, 0.1) is 58.2 Å². The van der Waals surface area contributed by atoms with Crippen LogP contribution in [0, 0.1) is 0 Å². The number of hydrogen-bond acceptors (Lipinski definition) is 6. The quantitative estimate of drug-likeness (QED) is 0.113. The summed E-state index contributed by atoms with van der Waals surface area (Å²) in [6.45, 7) is 12.1. The van der Waals surface area contributed by atoms with Crippen LogP contribution in [-0.2, 0) is 0 Å². The molecule has 0 radical (unpaired) electrons. The average Bonchev–Trinajstić information content (AvgIpc) is 3.14. The summed E-state index contributed by atoms with van der Waals surface area (Å²) in [6, 6.07) is 20.4. The topological polar surface area (TPSA) is 73.2 Å². The van der Waals surface area contributed by atoms with Crippen molar-refractivity contribution in [2.75, 3.05) is 78.1 Å². The number of rotatable bonds is 15. The number of unbranched alkanes of at least 4 members (excludes halogenated alkanes) is 4. The molecule has 3 aromatic carbocycles. The summed E-state index contributed by atoms with van der Waals surface area (Å²) in [5, 5.41) is 0.431. The van der Waals surface area contributed by atoms with Gasteiger partial charge in [0.1, 0.15) is 22.8 Å². The van der Waals surface area contributed by atoms with Gasteiger partial charge in [0.2, 0.25) is 5.43 Å².